The number of sulfonamides is 1. The van der Waals surface area contributed by atoms with E-state index in [2.05, 4.69) is 27.8 Å². The van der Waals surface area contributed by atoms with E-state index in [4.69, 9.17) is 19.4 Å². The molecule has 4 aromatic rings. The maximum absolute atomic E-state index is 15.4. The second-order valence-corrected chi connectivity index (χ2v) is 23.3. The Hall–Kier alpha value is -5.31. The summed E-state index contributed by atoms with van der Waals surface area (Å²) in [6.45, 7) is 7.99. The quantitative estimate of drug-likeness (QED) is 0.0616. The molecule has 3 aromatic heterocycles. The van der Waals surface area contributed by atoms with Gasteiger partial charge in [0.15, 0.2) is 10.7 Å². The molecule has 1 saturated heterocycles. The number of thiophene rings is 1. The van der Waals surface area contributed by atoms with Crippen LogP contribution < -0.4 is 30.7 Å². The summed E-state index contributed by atoms with van der Waals surface area (Å²) < 4.78 is 41.0. The average molecular weight is 1010 g/mol. The van der Waals surface area contributed by atoms with Gasteiger partial charge in [-0.25, -0.2) is 28.0 Å². The lowest BCUT2D eigenvalue weighted by atomic mass is 9.72. The minimum absolute atomic E-state index is 0.0156. The number of urea groups is 1. The van der Waals surface area contributed by atoms with Gasteiger partial charge in [0.25, 0.3) is 10.0 Å². The van der Waals surface area contributed by atoms with Crippen molar-refractivity contribution in [3.63, 3.8) is 0 Å². The molecule has 20 heteroatoms. The smallest absolute Gasteiger partial charge is 0.333 e. The zero-order valence-electron chi connectivity index (χ0n) is 39.7. The zero-order valence-corrected chi connectivity index (χ0v) is 42.2. The molecule has 1 aromatic carbocycles. The van der Waals surface area contributed by atoms with Crippen LogP contribution in [0.25, 0.3) is 22.3 Å². The Kier molecular flexibility index (Phi) is 15.5. The Morgan fingerprint density at radius 2 is 1.70 bits per heavy atom. The third-order valence-corrected chi connectivity index (χ3v) is 18.2. The van der Waals surface area contributed by atoms with E-state index in [1.807, 2.05) is 25.3 Å². The van der Waals surface area contributed by atoms with E-state index in [-0.39, 0.29) is 48.0 Å². The number of fused-ring (bicyclic) bond motifs is 1. The summed E-state index contributed by atoms with van der Waals surface area (Å²) in [6.07, 6.45) is 8.49. The molecule has 3 aliphatic carbocycles. The van der Waals surface area contributed by atoms with Gasteiger partial charge in [0.05, 0.1) is 24.9 Å². The van der Waals surface area contributed by atoms with Gasteiger partial charge >= 0.3 is 12.0 Å². The SMILES string of the molecule is C=C1CC[C@]1(NC(=O)[C@@H]1C[C@@H](Oc2cc(-c3csc(NC(C)C)n3)nc3cc(OC)ccc23)CN1C(=O)[C@@H](NC(=O)NC(CN(C)S(=O)(=O)c1cccs1)C1CCCCC1)C1CCCCC1)C(=O)O. The third kappa shape index (κ3) is 11.0. The topological polar surface area (TPSA) is 221 Å². The van der Waals surface area contributed by atoms with Crippen LogP contribution in [0.1, 0.15) is 97.3 Å². The summed E-state index contributed by atoms with van der Waals surface area (Å²) in [5, 5.41) is 27.6. The van der Waals surface area contributed by atoms with Gasteiger partial charge in [0.2, 0.25) is 11.8 Å². The van der Waals surface area contributed by atoms with Crippen LogP contribution in [-0.2, 0) is 24.4 Å². The van der Waals surface area contributed by atoms with Crippen LogP contribution in [-0.4, -0.2) is 120 Å². The molecule has 17 nitrogen and oxygen atoms in total. The number of rotatable bonds is 18. The third-order valence-electron chi connectivity index (χ3n) is 14.2. The number of ether oxygens (including phenoxy) is 2. The van der Waals surface area contributed by atoms with Gasteiger partial charge in [-0.3, -0.25) is 9.59 Å². The maximum atomic E-state index is 15.4. The number of nitrogens with zero attached hydrogens (tertiary/aromatic N) is 4. The number of carbonyl (C=O) groups excluding carboxylic acids is 3. The zero-order chi connectivity index (χ0) is 49.0. The fourth-order valence-corrected chi connectivity index (χ4v) is 13.5. The minimum atomic E-state index is -3.81. The lowest BCUT2D eigenvalue weighted by molar-refractivity contribution is -0.149. The number of carboxylic acids is 1. The largest absolute Gasteiger partial charge is 0.497 e. The van der Waals surface area contributed by atoms with Crippen molar-refractivity contribution in [1.29, 1.82) is 0 Å². The molecule has 4 fully saturated rings. The molecule has 1 unspecified atom stereocenters. The van der Waals surface area contributed by atoms with E-state index < -0.39 is 63.6 Å². The van der Waals surface area contributed by atoms with Crippen LogP contribution >= 0.6 is 22.7 Å². The average Bonchev–Trinajstić information content (AvgIpc) is 4.15. The molecular weight excluding hydrogens is 941 g/mol. The van der Waals surface area contributed by atoms with Crippen molar-refractivity contribution in [2.24, 2.45) is 11.8 Å². The van der Waals surface area contributed by atoms with Gasteiger partial charge in [-0.05, 0) is 93.4 Å². The van der Waals surface area contributed by atoms with Gasteiger partial charge in [-0.2, -0.15) is 4.31 Å². The van der Waals surface area contributed by atoms with Gasteiger partial charge in [-0.1, -0.05) is 51.2 Å². The molecule has 3 saturated carbocycles. The van der Waals surface area contributed by atoms with Crippen LogP contribution in [0.3, 0.4) is 0 Å². The molecule has 4 aliphatic rings. The van der Waals surface area contributed by atoms with E-state index in [9.17, 15) is 27.9 Å². The Labute approximate surface area is 411 Å². The number of likely N-dealkylation sites (N-methyl/N-ethyl adjacent to an activating group) is 1. The van der Waals surface area contributed by atoms with E-state index in [0.717, 1.165) is 67.8 Å². The van der Waals surface area contributed by atoms with Crippen LogP contribution in [0, 0.1) is 11.8 Å². The first-order valence-electron chi connectivity index (χ1n) is 24.0. The molecule has 4 heterocycles. The number of amides is 4. The van der Waals surface area contributed by atoms with Gasteiger partial charge in [0, 0.05) is 55.0 Å². The lowest BCUT2D eigenvalue weighted by Gasteiger charge is -2.42. The number of hydrogen-bond acceptors (Lipinski definition) is 13. The highest BCUT2D eigenvalue weighted by atomic mass is 32.2. The van der Waals surface area contributed by atoms with Crippen LogP contribution in [0.5, 0.6) is 11.5 Å². The number of methoxy groups -OCH3 is 1. The lowest BCUT2D eigenvalue weighted by Crippen LogP contribution is -2.64. The van der Waals surface area contributed by atoms with Crippen molar-refractivity contribution in [3.8, 4) is 22.9 Å². The first-order chi connectivity index (χ1) is 33.1. The first kappa shape index (κ1) is 50.1. The van der Waals surface area contributed by atoms with Crippen molar-refractivity contribution >= 4 is 72.5 Å². The molecular formula is C49H64N8O9S3. The Bertz CT molecular complexity index is 2620. The van der Waals surface area contributed by atoms with Crippen molar-refractivity contribution in [2.75, 3.05) is 32.6 Å². The van der Waals surface area contributed by atoms with Crippen molar-refractivity contribution in [3.05, 3.63) is 59.3 Å². The van der Waals surface area contributed by atoms with Crippen molar-refractivity contribution in [1.82, 2.24) is 35.1 Å². The van der Waals surface area contributed by atoms with Crippen molar-refractivity contribution < 1.29 is 42.2 Å². The van der Waals surface area contributed by atoms with Gasteiger partial charge < -0.3 is 40.7 Å². The molecule has 0 radical (unpaired) electrons. The van der Waals surface area contributed by atoms with Gasteiger partial charge in [0.1, 0.15) is 39.6 Å². The number of hydrogen-bond donors (Lipinski definition) is 5. The number of nitrogens with one attached hydrogen (secondary N) is 4. The summed E-state index contributed by atoms with van der Waals surface area (Å²) in [4.78, 5) is 68.2. The molecule has 0 spiro atoms. The fraction of sp³-hybridized carbons (Fsp3) is 0.551. The highest BCUT2D eigenvalue weighted by molar-refractivity contribution is 7.91. The standard InChI is InChI=1S/C49H64N8O9S3/c1-29(2)50-48-53-39(28-68-48)37-25-41(35-19-18-33(65-5)23-36(35)51-37)66-34-24-40(44(58)55-49(46(60)61)21-20-30(49)3)57(26-34)45(59)43(32-15-10-7-11-16-32)54-47(62)52-38(31-13-8-6-9-14-31)27-56(4)69(63,64)42-17-12-22-67-42/h12,17-19,22-23,25,28-29,31-32,34,38,40,43H,3,6-11,13-16,20-21,24,26-27H2,1-2,4-5H3,(H,50,53)(H,55,58)(H,60,61)(H2,52,54,62)/t34-,38?,40+,43+,49-/m1/s1. The maximum Gasteiger partial charge on any atom is 0.333 e. The Morgan fingerprint density at radius 3 is 2.32 bits per heavy atom. The molecule has 1 aliphatic heterocycles. The fourth-order valence-electron chi connectivity index (χ4n) is 10.3. The number of aromatic nitrogens is 2. The number of anilines is 1. The molecule has 5 N–H and O–H groups in total. The van der Waals surface area contributed by atoms with Crippen LogP contribution in [0.15, 0.2) is 63.5 Å². The Balaban J connectivity index is 1.10. The van der Waals surface area contributed by atoms with E-state index in [0.29, 0.717) is 58.6 Å². The number of thiazole rings is 1. The summed E-state index contributed by atoms with van der Waals surface area (Å²) in [7, 11) is -0.719. The highest BCUT2D eigenvalue weighted by Gasteiger charge is 2.52. The summed E-state index contributed by atoms with van der Waals surface area (Å²) in [6, 6.07) is 7.30. The second-order valence-electron chi connectivity index (χ2n) is 19.2. The minimum Gasteiger partial charge on any atom is -0.497 e. The van der Waals surface area contributed by atoms with E-state index >= 15 is 4.79 Å². The normalized spacial score (nSPS) is 22.2. The number of benzene rings is 1. The first-order valence-corrected chi connectivity index (χ1v) is 27.2. The number of likely N-dealkylation sites (tertiary alicyclic amines) is 1. The molecule has 4 amide bonds. The number of carbonyl (C=O) groups is 4. The monoisotopic (exact) mass is 1000 g/mol. The predicted molar refractivity (Wildman–Crippen MR) is 266 cm³/mol. The van der Waals surface area contributed by atoms with Crippen molar-refractivity contribution in [2.45, 2.75) is 137 Å². The number of aliphatic carboxylic acids is 1. The summed E-state index contributed by atoms with van der Waals surface area (Å²) in [5.74, 6) is -1.58. The molecule has 372 valence electrons. The van der Waals surface area contributed by atoms with E-state index in [1.54, 1.807) is 42.8 Å². The Morgan fingerprint density at radius 1 is 0.971 bits per heavy atom. The highest BCUT2D eigenvalue weighted by Crippen LogP contribution is 2.40. The summed E-state index contributed by atoms with van der Waals surface area (Å²) >= 11 is 2.59. The molecule has 0 bridgehead atoms. The molecule has 69 heavy (non-hydrogen) atoms. The van der Waals surface area contributed by atoms with Gasteiger partial charge in [-0.15, -0.1) is 22.7 Å². The molecule has 5 atom stereocenters. The summed E-state index contributed by atoms with van der Waals surface area (Å²) in [5.41, 5.74) is 0.441. The van der Waals surface area contributed by atoms with Crippen LogP contribution in [0.4, 0.5) is 9.93 Å². The number of pyridine rings is 1. The second kappa shape index (κ2) is 21.4. The molecule has 8 rings (SSSR count). The number of carboxylic acid groups (broad SMARTS) is 1. The van der Waals surface area contributed by atoms with Crippen LogP contribution in [0.2, 0.25) is 0 Å². The van der Waals surface area contributed by atoms with E-state index in [1.165, 1.54) is 27.6 Å². The predicted octanol–water partition coefficient (Wildman–Crippen LogP) is 7.40.